The van der Waals surface area contributed by atoms with Gasteiger partial charge in [0, 0.05) is 49.5 Å². The Morgan fingerprint density at radius 2 is 1.82 bits per heavy atom. The molecule has 150 valence electrons. The summed E-state index contributed by atoms with van der Waals surface area (Å²) in [6.07, 6.45) is 1.93. The minimum atomic E-state index is -0.881. The summed E-state index contributed by atoms with van der Waals surface area (Å²) < 4.78 is 0. The molecule has 5 nitrogen and oxygen atoms in total. The highest BCUT2D eigenvalue weighted by molar-refractivity contribution is 6.03. The van der Waals surface area contributed by atoms with Crippen molar-refractivity contribution in [3.05, 3.63) is 47.7 Å². The fourth-order valence-electron chi connectivity index (χ4n) is 3.68. The molecule has 1 aliphatic rings. The Morgan fingerprint density at radius 1 is 1.14 bits per heavy atom. The van der Waals surface area contributed by atoms with Crippen LogP contribution in [0.1, 0.15) is 43.6 Å². The molecular formula is C23H32N4O. The lowest BCUT2D eigenvalue weighted by molar-refractivity contribution is 0.0913. The summed E-state index contributed by atoms with van der Waals surface area (Å²) in [5, 5.41) is 0. The van der Waals surface area contributed by atoms with Crippen LogP contribution in [0.2, 0.25) is 0 Å². The summed E-state index contributed by atoms with van der Waals surface area (Å²) in [6.45, 7) is 14.2. The molecule has 0 saturated carbocycles. The fraction of sp³-hybridized carbons (Fsp3) is 0.478. The molecule has 0 unspecified atom stereocenters. The van der Waals surface area contributed by atoms with Crippen molar-refractivity contribution >= 4 is 11.6 Å². The molecule has 0 amide bonds. The number of benzene rings is 1. The van der Waals surface area contributed by atoms with Gasteiger partial charge in [0.15, 0.2) is 5.78 Å². The first kappa shape index (κ1) is 20.5. The maximum absolute atomic E-state index is 12.5. The monoisotopic (exact) mass is 380 g/mol. The Bertz CT molecular complexity index is 846. The topological polar surface area (TPSA) is 62.5 Å². The molecule has 28 heavy (non-hydrogen) atoms. The third-order valence-corrected chi connectivity index (χ3v) is 5.49. The lowest BCUT2D eigenvalue weighted by atomic mass is 9.92. The van der Waals surface area contributed by atoms with E-state index in [0.717, 1.165) is 48.7 Å². The van der Waals surface area contributed by atoms with Crippen LogP contribution in [0.5, 0.6) is 0 Å². The molecule has 0 spiro atoms. The molecule has 1 aliphatic heterocycles. The van der Waals surface area contributed by atoms with E-state index in [9.17, 15) is 4.79 Å². The summed E-state index contributed by atoms with van der Waals surface area (Å²) >= 11 is 0. The summed E-state index contributed by atoms with van der Waals surface area (Å²) in [7, 11) is 0. The molecule has 5 heteroatoms. The van der Waals surface area contributed by atoms with Gasteiger partial charge in [0.05, 0.1) is 5.54 Å². The molecule has 2 heterocycles. The molecule has 2 N–H and O–H groups in total. The van der Waals surface area contributed by atoms with Gasteiger partial charge in [-0.2, -0.15) is 0 Å². The molecule has 0 aliphatic carbocycles. The van der Waals surface area contributed by atoms with E-state index in [-0.39, 0.29) is 5.78 Å². The number of carbonyl (C=O) groups excluding carboxylic acids is 1. The minimum Gasteiger partial charge on any atom is -0.354 e. The fourth-order valence-corrected chi connectivity index (χ4v) is 3.68. The number of rotatable bonds is 5. The Kier molecular flexibility index (Phi) is 5.87. The molecule has 2 aromatic rings. The number of piperazine rings is 1. The van der Waals surface area contributed by atoms with Crippen molar-refractivity contribution < 1.29 is 4.79 Å². The van der Waals surface area contributed by atoms with E-state index >= 15 is 0 Å². The number of ketones is 1. The van der Waals surface area contributed by atoms with E-state index in [0.29, 0.717) is 11.6 Å². The second-order valence-electron chi connectivity index (χ2n) is 8.61. The third-order valence-electron chi connectivity index (χ3n) is 5.49. The smallest absolute Gasteiger partial charge is 0.182 e. The Balaban J connectivity index is 1.81. The first-order valence-corrected chi connectivity index (χ1v) is 10.1. The van der Waals surface area contributed by atoms with Crippen molar-refractivity contribution in [2.45, 2.75) is 46.2 Å². The van der Waals surface area contributed by atoms with Gasteiger partial charge < -0.3 is 10.6 Å². The van der Waals surface area contributed by atoms with Gasteiger partial charge in [0.25, 0.3) is 0 Å². The highest BCUT2D eigenvalue weighted by Crippen LogP contribution is 2.27. The highest BCUT2D eigenvalue weighted by atomic mass is 16.1. The van der Waals surface area contributed by atoms with E-state index in [1.165, 1.54) is 0 Å². The van der Waals surface area contributed by atoms with Crippen LogP contribution >= 0.6 is 0 Å². The van der Waals surface area contributed by atoms with E-state index in [1.54, 1.807) is 13.8 Å². The average molecular weight is 381 g/mol. The van der Waals surface area contributed by atoms with E-state index in [1.807, 2.05) is 30.5 Å². The van der Waals surface area contributed by atoms with E-state index in [4.69, 9.17) is 10.7 Å². The number of Topliss-reactive ketones (excluding diaryl/α,β-unsaturated/α-hetero) is 1. The molecule has 3 rings (SSSR count). The van der Waals surface area contributed by atoms with Gasteiger partial charge in [0.2, 0.25) is 0 Å². The van der Waals surface area contributed by atoms with Crippen molar-refractivity contribution in [2.24, 2.45) is 5.73 Å². The number of hydrogen-bond acceptors (Lipinski definition) is 5. The molecule has 1 fully saturated rings. The number of hydrogen-bond donors (Lipinski definition) is 1. The standard InChI is InChI=1S/C23H32N4O/c1-16(2)26-9-11-27(12-10-26)21-13-17(3)20(15-25-21)18-7-6-8-19(14-18)22(28)23(4,5)24/h6-8,13-16H,9-12,24H2,1-5H3. The SMILES string of the molecule is Cc1cc(N2CCN(C(C)C)CC2)ncc1-c1cccc(C(=O)C(C)(C)N)c1. The van der Waals surface area contributed by atoms with Gasteiger partial charge in [-0.25, -0.2) is 4.98 Å². The molecule has 1 aromatic carbocycles. The number of aromatic nitrogens is 1. The van der Waals surface area contributed by atoms with Crippen molar-refractivity contribution in [1.29, 1.82) is 0 Å². The molecular weight excluding hydrogens is 348 g/mol. The van der Waals surface area contributed by atoms with Crippen LogP contribution in [0.3, 0.4) is 0 Å². The summed E-state index contributed by atoms with van der Waals surface area (Å²) in [4.78, 5) is 22.1. The van der Waals surface area contributed by atoms with Crippen LogP contribution in [-0.2, 0) is 0 Å². The zero-order valence-electron chi connectivity index (χ0n) is 17.7. The van der Waals surface area contributed by atoms with Crippen molar-refractivity contribution in [3.63, 3.8) is 0 Å². The second kappa shape index (κ2) is 8.02. The Morgan fingerprint density at radius 3 is 2.39 bits per heavy atom. The summed E-state index contributed by atoms with van der Waals surface area (Å²) in [6, 6.07) is 10.4. The van der Waals surface area contributed by atoms with E-state index in [2.05, 4.69) is 36.6 Å². The van der Waals surface area contributed by atoms with Crippen LogP contribution in [0.15, 0.2) is 36.5 Å². The lowest BCUT2D eigenvalue weighted by Gasteiger charge is -2.37. The first-order valence-electron chi connectivity index (χ1n) is 10.1. The van der Waals surface area contributed by atoms with Crippen LogP contribution in [0.4, 0.5) is 5.82 Å². The van der Waals surface area contributed by atoms with Crippen LogP contribution in [0.25, 0.3) is 11.1 Å². The molecule has 0 radical (unpaired) electrons. The van der Waals surface area contributed by atoms with E-state index < -0.39 is 5.54 Å². The number of nitrogens with zero attached hydrogens (tertiary/aromatic N) is 3. The van der Waals surface area contributed by atoms with Gasteiger partial charge in [-0.15, -0.1) is 0 Å². The summed E-state index contributed by atoms with van der Waals surface area (Å²) in [5.41, 5.74) is 8.95. The predicted molar refractivity (Wildman–Crippen MR) is 116 cm³/mol. The van der Waals surface area contributed by atoms with Gasteiger partial charge in [0.1, 0.15) is 5.82 Å². The number of aryl methyl sites for hydroxylation is 1. The van der Waals surface area contributed by atoms with Gasteiger partial charge >= 0.3 is 0 Å². The Labute approximate surface area is 168 Å². The normalized spacial score (nSPS) is 15.9. The number of pyridine rings is 1. The van der Waals surface area contributed by atoms with Crippen molar-refractivity contribution in [1.82, 2.24) is 9.88 Å². The largest absolute Gasteiger partial charge is 0.354 e. The molecule has 1 aromatic heterocycles. The third kappa shape index (κ3) is 4.42. The maximum atomic E-state index is 12.5. The average Bonchev–Trinajstić information content (AvgIpc) is 2.66. The van der Waals surface area contributed by atoms with Crippen LogP contribution < -0.4 is 10.6 Å². The van der Waals surface area contributed by atoms with Gasteiger partial charge in [-0.3, -0.25) is 9.69 Å². The Hall–Kier alpha value is -2.24. The van der Waals surface area contributed by atoms with Crippen LogP contribution in [-0.4, -0.2) is 53.4 Å². The molecule has 0 atom stereocenters. The van der Waals surface area contributed by atoms with Gasteiger partial charge in [-0.05, 0) is 57.9 Å². The summed E-state index contributed by atoms with van der Waals surface area (Å²) in [5.74, 6) is 0.972. The van der Waals surface area contributed by atoms with Crippen LogP contribution in [0, 0.1) is 6.92 Å². The lowest BCUT2D eigenvalue weighted by Crippen LogP contribution is -2.49. The minimum absolute atomic E-state index is 0.0559. The van der Waals surface area contributed by atoms with Gasteiger partial charge in [-0.1, -0.05) is 18.2 Å². The number of anilines is 1. The van der Waals surface area contributed by atoms with Crippen molar-refractivity contribution in [3.8, 4) is 11.1 Å². The number of nitrogens with two attached hydrogens (primary N) is 1. The molecule has 1 saturated heterocycles. The maximum Gasteiger partial charge on any atom is 0.182 e. The second-order valence-corrected chi connectivity index (χ2v) is 8.61. The predicted octanol–water partition coefficient (Wildman–Crippen LogP) is 3.51. The number of carbonyl (C=O) groups is 1. The highest BCUT2D eigenvalue weighted by Gasteiger charge is 2.24. The first-order chi connectivity index (χ1) is 13.2. The zero-order valence-corrected chi connectivity index (χ0v) is 17.7. The zero-order chi connectivity index (χ0) is 20.5. The van der Waals surface area contributed by atoms with Crippen molar-refractivity contribution in [2.75, 3.05) is 31.1 Å². The molecule has 0 bridgehead atoms. The quantitative estimate of drug-likeness (QED) is 0.805.